The van der Waals surface area contributed by atoms with Gasteiger partial charge in [-0.25, -0.2) is 4.98 Å². The largest absolute Gasteiger partial charge is 0.451 e. The second-order valence-electron chi connectivity index (χ2n) is 3.68. The van der Waals surface area contributed by atoms with Crippen molar-refractivity contribution in [3.8, 4) is 0 Å². The van der Waals surface area contributed by atoms with Gasteiger partial charge in [0.25, 0.3) is 5.91 Å². The molecule has 0 spiro atoms. The number of amides is 1. The van der Waals surface area contributed by atoms with E-state index in [0.29, 0.717) is 12.2 Å². The van der Waals surface area contributed by atoms with Crippen LogP contribution in [-0.2, 0) is 0 Å². The fourth-order valence-corrected chi connectivity index (χ4v) is 0.820. The maximum absolute atomic E-state index is 10.2. The third kappa shape index (κ3) is 8.01. The lowest BCUT2D eigenvalue weighted by Gasteiger charge is -2.00. The SMILES string of the molecule is CC(C)CCB(O)O.NC(=O)c1cnco1. The van der Waals surface area contributed by atoms with Gasteiger partial charge in [0.05, 0.1) is 6.20 Å². The molecule has 0 aliphatic rings. The number of hydrogen-bond donors (Lipinski definition) is 3. The molecule has 7 heteroatoms. The standard InChI is InChI=1S/C5H13BO2.C4H4N2O2/c1-5(2)3-4-6(7)8;5-4(7)3-1-6-2-8-3/h5,7-8H,3-4H2,1-2H3;1-2H,(H2,5,7). The number of primary amides is 1. The maximum Gasteiger partial charge on any atom is 0.451 e. The Bertz CT molecular complexity index is 280. The van der Waals surface area contributed by atoms with Gasteiger partial charge < -0.3 is 20.2 Å². The molecule has 1 amide bonds. The van der Waals surface area contributed by atoms with Gasteiger partial charge in [0.15, 0.2) is 6.39 Å². The number of hydrogen-bond acceptors (Lipinski definition) is 5. The van der Waals surface area contributed by atoms with E-state index < -0.39 is 13.0 Å². The summed E-state index contributed by atoms with van der Waals surface area (Å²) in [6.45, 7) is 4.12. The van der Waals surface area contributed by atoms with Gasteiger partial charge in [0, 0.05) is 0 Å². The average molecular weight is 228 g/mol. The fraction of sp³-hybridized carbons (Fsp3) is 0.556. The number of oxazole rings is 1. The van der Waals surface area contributed by atoms with Gasteiger partial charge in [0.2, 0.25) is 5.76 Å². The Morgan fingerprint density at radius 1 is 1.62 bits per heavy atom. The maximum atomic E-state index is 10.2. The van der Waals surface area contributed by atoms with E-state index in [1.54, 1.807) is 0 Å². The summed E-state index contributed by atoms with van der Waals surface area (Å²) >= 11 is 0. The van der Waals surface area contributed by atoms with Crippen LogP contribution in [0.3, 0.4) is 0 Å². The van der Waals surface area contributed by atoms with Crippen molar-refractivity contribution in [1.29, 1.82) is 0 Å². The van der Waals surface area contributed by atoms with Crippen molar-refractivity contribution in [3.05, 3.63) is 18.4 Å². The molecular formula is C9H17BN2O4. The van der Waals surface area contributed by atoms with E-state index in [4.69, 9.17) is 15.8 Å². The molecule has 1 aromatic rings. The molecular weight excluding hydrogens is 211 g/mol. The smallest absolute Gasteiger partial charge is 0.438 e. The molecule has 1 heterocycles. The highest BCUT2D eigenvalue weighted by Gasteiger charge is 2.06. The number of rotatable bonds is 4. The van der Waals surface area contributed by atoms with Crippen LogP contribution in [0.25, 0.3) is 0 Å². The van der Waals surface area contributed by atoms with Crippen molar-refractivity contribution in [1.82, 2.24) is 4.98 Å². The van der Waals surface area contributed by atoms with Gasteiger partial charge in [-0.05, 0) is 12.2 Å². The molecule has 6 nitrogen and oxygen atoms in total. The molecule has 0 saturated heterocycles. The van der Waals surface area contributed by atoms with Crippen molar-refractivity contribution in [2.45, 2.75) is 26.6 Å². The fourth-order valence-electron chi connectivity index (χ4n) is 0.820. The second kappa shape index (κ2) is 7.89. The van der Waals surface area contributed by atoms with Crippen molar-refractivity contribution < 1.29 is 19.3 Å². The van der Waals surface area contributed by atoms with Gasteiger partial charge in [0.1, 0.15) is 0 Å². The van der Waals surface area contributed by atoms with Crippen molar-refractivity contribution in [2.75, 3.05) is 0 Å². The Kier molecular flexibility index (Phi) is 7.23. The first-order valence-corrected chi connectivity index (χ1v) is 4.98. The summed E-state index contributed by atoms with van der Waals surface area (Å²) < 4.78 is 4.51. The number of nitrogens with zero attached hydrogens (tertiary/aromatic N) is 1. The molecule has 0 aromatic carbocycles. The molecule has 0 aliphatic carbocycles. The number of carbonyl (C=O) groups excluding carboxylic acids is 1. The molecule has 1 rings (SSSR count). The highest BCUT2D eigenvalue weighted by molar-refractivity contribution is 6.40. The van der Waals surface area contributed by atoms with Gasteiger partial charge in [-0.15, -0.1) is 0 Å². The summed E-state index contributed by atoms with van der Waals surface area (Å²) in [7, 11) is -1.11. The quantitative estimate of drug-likeness (QED) is 0.641. The van der Waals surface area contributed by atoms with Gasteiger partial charge >= 0.3 is 7.12 Å². The molecule has 0 unspecified atom stereocenters. The summed E-state index contributed by atoms with van der Waals surface area (Å²) in [5.41, 5.74) is 4.79. The van der Waals surface area contributed by atoms with E-state index in [0.717, 1.165) is 12.8 Å². The van der Waals surface area contributed by atoms with E-state index in [1.165, 1.54) is 6.20 Å². The Morgan fingerprint density at radius 3 is 2.44 bits per heavy atom. The minimum absolute atomic E-state index is 0.0880. The van der Waals surface area contributed by atoms with E-state index in [-0.39, 0.29) is 5.76 Å². The monoisotopic (exact) mass is 228 g/mol. The van der Waals surface area contributed by atoms with E-state index in [2.05, 4.69) is 23.2 Å². The van der Waals surface area contributed by atoms with Crippen molar-refractivity contribution >= 4 is 13.0 Å². The molecule has 0 fully saturated rings. The summed E-state index contributed by atoms with van der Waals surface area (Å²) in [5.74, 6) is 0.0595. The Morgan fingerprint density at radius 2 is 2.25 bits per heavy atom. The Hall–Kier alpha value is -1.34. The first kappa shape index (κ1) is 14.7. The summed E-state index contributed by atoms with van der Waals surface area (Å²) in [5, 5.41) is 16.7. The first-order chi connectivity index (χ1) is 7.43. The molecule has 1 aromatic heterocycles. The predicted octanol–water partition coefficient (Wildman–Crippen LogP) is 0.279. The second-order valence-corrected chi connectivity index (χ2v) is 3.68. The Balaban J connectivity index is 0.000000281. The molecule has 0 radical (unpaired) electrons. The van der Waals surface area contributed by atoms with Crippen LogP contribution < -0.4 is 5.73 Å². The van der Waals surface area contributed by atoms with E-state index >= 15 is 0 Å². The Labute approximate surface area is 94.6 Å². The molecule has 16 heavy (non-hydrogen) atoms. The molecule has 0 bridgehead atoms. The van der Waals surface area contributed by atoms with Crippen LogP contribution >= 0.6 is 0 Å². The van der Waals surface area contributed by atoms with Crippen LogP contribution in [0, 0.1) is 5.92 Å². The predicted molar refractivity (Wildman–Crippen MR) is 59.5 cm³/mol. The zero-order valence-electron chi connectivity index (χ0n) is 9.46. The lowest BCUT2D eigenvalue weighted by Crippen LogP contribution is -2.10. The lowest BCUT2D eigenvalue weighted by molar-refractivity contribution is 0.0974. The van der Waals surface area contributed by atoms with E-state index in [9.17, 15) is 4.79 Å². The average Bonchev–Trinajstić information content (AvgIpc) is 2.68. The highest BCUT2D eigenvalue weighted by atomic mass is 16.4. The lowest BCUT2D eigenvalue weighted by atomic mass is 9.82. The highest BCUT2D eigenvalue weighted by Crippen LogP contribution is 2.03. The van der Waals surface area contributed by atoms with Gasteiger partial charge in [-0.3, -0.25) is 4.79 Å². The summed E-state index contributed by atoms with van der Waals surface area (Å²) in [4.78, 5) is 13.6. The number of aromatic nitrogens is 1. The van der Waals surface area contributed by atoms with Crippen LogP contribution in [0.15, 0.2) is 17.0 Å². The molecule has 0 atom stereocenters. The van der Waals surface area contributed by atoms with Crippen molar-refractivity contribution in [3.63, 3.8) is 0 Å². The van der Waals surface area contributed by atoms with Gasteiger partial charge in [-0.1, -0.05) is 20.3 Å². The van der Waals surface area contributed by atoms with Crippen LogP contribution in [-0.4, -0.2) is 28.1 Å². The topological polar surface area (TPSA) is 110 Å². The van der Waals surface area contributed by atoms with Crippen molar-refractivity contribution in [2.24, 2.45) is 11.7 Å². The van der Waals surface area contributed by atoms with Crippen LogP contribution in [0.1, 0.15) is 30.8 Å². The zero-order valence-corrected chi connectivity index (χ0v) is 9.46. The van der Waals surface area contributed by atoms with Crippen LogP contribution in [0.2, 0.25) is 6.32 Å². The third-order valence-corrected chi connectivity index (χ3v) is 1.68. The van der Waals surface area contributed by atoms with Gasteiger partial charge in [-0.2, -0.15) is 0 Å². The normalized spacial score (nSPS) is 9.56. The minimum Gasteiger partial charge on any atom is -0.438 e. The first-order valence-electron chi connectivity index (χ1n) is 4.98. The summed E-state index contributed by atoms with van der Waals surface area (Å²) in [6, 6.07) is 0. The molecule has 90 valence electrons. The number of carbonyl (C=O) groups is 1. The van der Waals surface area contributed by atoms with Crippen LogP contribution in [0.4, 0.5) is 0 Å². The molecule has 0 saturated carbocycles. The van der Waals surface area contributed by atoms with E-state index in [1.807, 2.05) is 0 Å². The van der Waals surface area contributed by atoms with Crippen LogP contribution in [0.5, 0.6) is 0 Å². The minimum atomic E-state index is -1.11. The third-order valence-electron chi connectivity index (χ3n) is 1.68. The summed E-state index contributed by atoms with van der Waals surface area (Å²) in [6.07, 6.45) is 3.80. The number of nitrogens with two attached hydrogens (primary N) is 1. The zero-order chi connectivity index (χ0) is 12.6. The molecule has 0 aliphatic heterocycles. The molecule has 4 N–H and O–H groups in total.